The number of piperidine rings is 1. The summed E-state index contributed by atoms with van der Waals surface area (Å²) < 4.78 is 46.6. The van der Waals surface area contributed by atoms with Gasteiger partial charge in [0.1, 0.15) is 5.69 Å². The second kappa shape index (κ2) is 9.71. The van der Waals surface area contributed by atoms with E-state index in [1.165, 1.54) is 17.2 Å². The third-order valence-corrected chi connectivity index (χ3v) is 6.82. The fraction of sp³-hybridized carbons (Fsp3) is 0.591. The van der Waals surface area contributed by atoms with Crippen LogP contribution in [0.15, 0.2) is 30.6 Å². The summed E-state index contributed by atoms with van der Waals surface area (Å²) in [5.74, 6) is 0.375. The van der Waals surface area contributed by atoms with Gasteiger partial charge in [0.25, 0.3) is 0 Å². The van der Waals surface area contributed by atoms with E-state index in [2.05, 4.69) is 27.2 Å². The van der Waals surface area contributed by atoms with Gasteiger partial charge in [0.2, 0.25) is 0 Å². The molecule has 8 nitrogen and oxygen atoms in total. The van der Waals surface area contributed by atoms with Crippen LogP contribution in [0, 0.1) is 5.92 Å². The molecule has 1 saturated heterocycles. The van der Waals surface area contributed by atoms with E-state index < -0.39 is 24.6 Å². The second-order valence-electron chi connectivity index (χ2n) is 8.85. The molecule has 1 aromatic carbocycles. The Kier molecular flexibility index (Phi) is 7.07. The van der Waals surface area contributed by atoms with Crippen LogP contribution in [0.2, 0.25) is 5.02 Å². The minimum Gasteiger partial charge on any atom is -0.373 e. The number of likely N-dealkylation sites (tertiary alicyclic amines) is 1. The smallest absolute Gasteiger partial charge is 0.373 e. The van der Waals surface area contributed by atoms with Gasteiger partial charge in [-0.25, -0.2) is 4.79 Å². The number of fused-ring (bicyclic) bond motifs is 2. The molecule has 1 N–H and O–H groups in total. The second-order valence-corrected chi connectivity index (χ2v) is 9.26. The van der Waals surface area contributed by atoms with E-state index >= 15 is 0 Å². The lowest BCUT2D eigenvalue weighted by molar-refractivity contribution is -0.328. The topological polar surface area (TPSA) is 81.5 Å². The van der Waals surface area contributed by atoms with Crippen LogP contribution in [0.5, 0.6) is 0 Å². The minimum atomic E-state index is -4.70. The molecule has 1 aliphatic heterocycles. The Morgan fingerprint density at radius 3 is 2.71 bits per heavy atom. The number of hydrogen-bond acceptors (Lipinski definition) is 5. The molecule has 4 atom stereocenters. The SMILES string of the molecule is CCC(OCCOC(F)(F)F)C12CC(C)CC(C1)N2C(=O)Nc1ccc(Cl)c(-n2nccn2)c1. The number of amides is 2. The Hall–Kier alpha value is -2.37. The zero-order valence-corrected chi connectivity index (χ0v) is 19.6. The maximum atomic E-state index is 13.4. The number of anilines is 1. The van der Waals surface area contributed by atoms with Crippen molar-refractivity contribution >= 4 is 23.3 Å². The van der Waals surface area contributed by atoms with Crippen molar-refractivity contribution < 1.29 is 27.4 Å². The number of urea groups is 1. The highest BCUT2D eigenvalue weighted by molar-refractivity contribution is 6.32. The van der Waals surface area contributed by atoms with Gasteiger partial charge in [-0.15, -0.1) is 13.2 Å². The molecule has 2 heterocycles. The van der Waals surface area contributed by atoms with Gasteiger partial charge in [0.15, 0.2) is 0 Å². The highest BCUT2D eigenvalue weighted by Gasteiger charge is 2.61. The van der Waals surface area contributed by atoms with Crippen LogP contribution in [0.3, 0.4) is 0 Å². The molecule has 186 valence electrons. The molecule has 2 amide bonds. The summed E-state index contributed by atoms with van der Waals surface area (Å²) in [7, 11) is 0. The van der Waals surface area contributed by atoms with Gasteiger partial charge in [0, 0.05) is 11.7 Å². The van der Waals surface area contributed by atoms with Crippen molar-refractivity contribution in [3.63, 3.8) is 0 Å². The van der Waals surface area contributed by atoms with Crippen LogP contribution in [-0.2, 0) is 9.47 Å². The van der Waals surface area contributed by atoms with E-state index in [0.717, 1.165) is 19.3 Å². The van der Waals surface area contributed by atoms with Crippen LogP contribution in [0.1, 0.15) is 39.5 Å². The third kappa shape index (κ3) is 5.01. The maximum Gasteiger partial charge on any atom is 0.522 e. The summed E-state index contributed by atoms with van der Waals surface area (Å²) in [5, 5.41) is 11.5. The van der Waals surface area contributed by atoms with Crippen molar-refractivity contribution in [1.82, 2.24) is 19.9 Å². The van der Waals surface area contributed by atoms with Crippen LogP contribution < -0.4 is 5.32 Å². The number of carbonyl (C=O) groups excluding carboxylic acids is 1. The molecular formula is C22H27ClF3N5O3. The first-order valence-corrected chi connectivity index (χ1v) is 11.6. The predicted octanol–water partition coefficient (Wildman–Crippen LogP) is 5.03. The van der Waals surface area contributed by atoms with E-state index in [1.54, 1.807) is 18.2 Å². The zero-order chi connectivity index (χ0) is 24.5. The summed E-state index contributed by atoms with van der Waals surface area (Å²) in [5.41, 5.74) is 0.483. The van der Waals surface area contributed by atoms with E-state index in [9.17, 15) is 18.0 Å². The molecule has 0 spiro atoms. The van der Waals surface area contributed by atoms with Crippen LogP contribution in [0.4, 0.5) is 23.7 Å². The Morgan fingerprint density at radius 2 is 2.03 bits per heavy atom. The molecule has 2 fully saturated rings. The number of ether oxygens (including phenoxy) is 2. The highest BCUT2D eigenvalue weighted by atomic mass is 35.5. The van der Waals surface area contributed by atoms with E-state index in [-0.39, 0.29) is 18.7 Å². The van der Waals surface area contributed by atoms with Gasteiger partial charge in [-0.05, 0) is 49.8 Å². The van der Waals surface area contributed by atoms with Gasteiger partial charge < -0.3 is 15.0 Å². The minimum absolute atomic E-state index is 0.0485. The van der Waals surface area contributed by atoms with Crippen molar-refractivity contribution in [2.24, 2.45) is 5.92 Å². The predicted molar refractivity (Wildman–Crippen MR) is 119 cm³/mol. The molecule has 1 aliphatic carbocycles. The summed E-state index contributed by atoms with van der Waals surface area (Å²) in [6.07, 6.45) is 0.862. The molecule has 12 heteroatoms. The molecular weight excluding hydrogens is 475 g/mol. The molecule has 2 bridgehead atoms. The number of rotatable bonds is 8. The monoisotopic (exact) mass is 501 g/mol. The summed E-state index contributed by atoms with van der Waals surface area (Å²) in [4.78, 5) is 16.6. The fourth-order valence-electron chi connectivity index (χ4n) is 5.42. The van der Waals surface area contributed by atoms with Crippen LogP contribution in [-0.4, -0.2) is 63.2 Å². The Bertz CT molecular complexity index is 1010. The lowest BCUT2D eigenvalue weighted by Gasteiger charge is -2.65. The molecule has 34 heavy (non-hydrogen) atoms. The van der Waals surface area contributed by atoms with Crippen molar-refractivity contribution in [3.05, 3.63) is 35.6 Å². The summed E-state index contributed by atoms with van der Waals surface area (Å²) in [6.45, 7) is 3.25. The quantitative estimate of drug-likeness (QED) is 0.513. The number of halogens is 4. The standard InChI is InChI=1S/C22H27ClF3N5O3/c1-3-19(33-8-9-34-22(24,25)26)21-12-14(2)10-16(13-21)30(21)20(32)29-15-4-5-17(23)18(11-15)31-27-6-7-28-31/h4-7,11,14,16,19H,3,8-10,12-13H2,1-2H3,(H,29,32). The largest absolute Gasteiger partial charge is 0.522 e. The summed E-state index contributed by atoms with van der Waals surface area (Å²) in [6, 6.07) is 4.81. The van der Waals surface area contributed by atoms with E-state index in [1.807, 2.05) is 11.8 Å². The molecule has 1 saturated carbocycles. The van der Waals surface area contributed by atoms with Gasteiger partial charge in [-0.3, -0.25) is 4.74 Å². The number of carbonyl (C=O) groups is 1. The van der Waals surface area contributed by atoms with Crippen molar-refractivity contribution in [2.75, 3.05) is 18.5 Å². The number of aromatic nitrogens is 3. The lowest BCUT2D eigenvalue weighted by atomic mass is 9.61. The summed E-state index contributed by atoms with van der Waals surface area (Å²) >= 11 is 6.27. The Balaban J connectivity index is 1.49. The zero-order valence-electron chi connectivity index (χ0n) is 18.9. The number of hydrogen-bond donors (Lipinski definition) is 1. The number of nitrogens with zero attached hydrogens (tertiary/aromatic N) is 4. The number of benzene rings is 1. The van der Waals surface area contributed by atoms with Crippen molar-refractivity contribution in [1.29, 1.82) is 0 Å². The molecule has 4 unspecified atom stereocenters. The first kappa shape index (κ1) is 24.7. The molecule has 2 aromatic rings. The molecule has 1 aromatic heterocycles. The number of alkyl halides is 3. The first-order valence-electron chi connectivity index (χ1n) is 11.2. The third-order valence-electron chi connectivity index (χ3n) is 6.50. The lowest BCUT2D eigenvalue weighted by Crippen LogP contribution is -2.76. The van der Waals surface area contributed by atoms with Gasteiger partial charge in [-0.2, -0.15) is 15.0 Å². The van der Waals surface area contributed by atoms with Crippen molar-refractivity contribution in [3.8, 4) is 5.69 Å². The Morgan fingerprint density at radius 1 is 1.29 bits per heavy atom. The van der Waals surface area contributed by atoms with E-state index in [4.69, 9.17) is 16.3 Å². The van der Waals surface area contributed by atoms with Gasteiger partial charge in [-0.1, -0.05) is 25.4 Å². The maximum absolute atomic E-state index is 13.4. The van der Waals surface area contributed by atoms with Gasteiger partial charge >= 0.3 is 12.4 Å². The average Bonchev–Trinajstić information content (AvgIpc) is 3.28. The fourth-order valence-corrected chi connectivity index (χ4v) is 5.62. The number of nitrogens with one attached hydrogen (secondary N) is 1. The van der Waals surface area contributed by atoms with Gasteiger partial charge in [0.05, 0.1) is 42.3 Å². The molecule has 2 aliphatic rings. The molecule has 4 rings (SSSR count). The van der Waals surface area contributed by atoms with Crippen LogP contribution in [0.25, 0.3) is 5.69 Å². The van der Waals surface area contributed by atoms with E-state index in [0.29, 0.717) is 28.7 Å². The first-order chi connectivity index (χ1) is 16.1. The highest BCUT2D eigenvalue weighted by Crippen LogP contribution is 2.53. The van der Waals surface area contributed by atoms with Crippen molar-refractivity contribution in [2.45, 2.75) is 63.6 Å². The average molecular weight is 502 g/mol. The molecule has 0 radical (unpaired) electrons. The Labute approximate surface area is 200 Å². The normalized spacial score (nSPS) is 25.1. The van der Waals surface area contributed by atoms with Crippen LogP contribution >= 0.6 is 11.6 Å².